The Balaban J connectivity index is 1.71. The summed E-state index contributed by atoms with van der Waals surface area (Å²) in [6.45, 7) is 1.82. The Bertz CT molecular complexity index is 472. The number of rotatable bonds is 2. The van der Waals surface area contributed by atoms with Gasteiger partial charge in [0.25, 0.3) is 5.91 Å². The van der Waals surface area contributed by atoms with Crippen LogP contribution in [0, 0.1) is 6.92 Å². The molecule has 2 saturated heterocycles. The molecule has 0 spiro atoms. The van der Waals surface area contributed by atoms with Gasteiger partial charge >= 0.3 is 0 Å². The third-order valence-corrected chi connectivity index (χ3v) is 3.80. The van der Waals surface area contributed by atoms with Crippen molar-refractivity contribution in [3.63, 3.8) is 0 Å². The second kappa shape index (κ2) is 4.52. The number of carbonyl (C=O) groups is 1. The molecule has 1 aromatic rings. The van der Waals surface area contributed by atoms with Crippen LogP contribution >= 0.6 is 11.6 Å². The summed E-state index contributed by atoms with van der Waals surface area (Å²) in [5, 5.41) is 3.38. The van der Waals surface area contributed by atoms with Crippen molar-refractivity contribution in [2.24, 2.45) is 0 Å². The summed E-state index contributed by atoms with van der Waals surface area (Å²) in [6.07, 6.45) is 3.62. The molecule has 18 heavy (non-hydrogen) atoms. The minimum atomic E-state index is -0.0939. The summed E-state index contributed by atoms with van der Waals surface area (Å²) in [5.41, 5.74) is 1.31. The van der Waals surface area contributed by atoms with Crippen molar-refractivity contribution in [3.05, 3.63) is 28.5 Å². The normalized spacial score (nSPS) is 29.6. The Morgan fingerprint density at radius 3 is 2.94 bits per heavy atom. The number of halogens is 1. The summed E-state index contributed by atoms with van der Waals surface area (Å²) >= 11 is 5.86. The minimum Gasteiger partial charge on any atom is -0.373 e. The van der Waals surface area contributed by atoms with E-state index in [0.29, 0.717) is 16.8 Å². The fourth-order valence-corrected chi connectivity index (χ4v) is 3.05. The lowest BCUT2D eigenvalue weighted by Gasteiger charge is -2.20. The second-order valence-corrected chi connectivity index (χ2v) is 5.40. The van der Waals surface area contributed by atoms with Crippen LogP contribution in [0.5, 0.6) is 0 Å². The Kier molecular flexibility index (Phi) is 2.99. The quantitative estimate of drug-likeness (QED) is 0.834. The Morgan fingerprint density at radius 2 is 2.33 bits per heavy atom. The highest BCUT2D eigenvalue weighted by Crippen LogP contribution is 2.34. The zero-order valence-corrected chi connectivity index (χ0v) is 10.9. The summed E-state index contributed by atoms with van der Waals surface area (Å²) in [7, 11) is 0. The molecule has 2 aliphatic heterocycles. The fraction of sp³-hybridized carbons (Fsp3) is 0.538. The molecule has 0 saturated carbocycles. The van der Waals surface area contributed by atoms with Gasteiger partial charge in [0.2, 0.25) is 0 Å². The van der Waals surface area contributed by atoms with Gasteiger partial charge in [0.1, 0.15) is 5.15 Å². The first kappa shape index (κ1) is 11.9. The third-order valence-electron chi connectivity index (χ3n) is 3.61. The van der Waals surface area contributed by atoms with Gasteiger partial charge < -0.3 is 10.1 Å². The van der Waals surface area contributed by atoms with Gasteiger partial charge in [-0.05, 0) is 38.3 Å². The maximum atomic E-state index is 12.1. The van der Waals surface area contributed by atoms with Gasteiger partial charge in [-0.25, -0.2) is 4.98 Å². The van der Waals surface area contributed by atoms with Crippen molar-refractivity contribution in [3.8, 4) is 0 Å². The molecule has 4 nitrogen and oxygen atoms in total. The van der Waals surface area contributed by atoms with Crippen molar-refractivity contribution < 1.29 is 9.53 Å². The van der Waals surface area contributed by atoms with Crippen LogP contribution in [0.1, 0.15) is 35.3 Å². The number of amides is 1. The molecular weight excluding hydrogens is 252 g/mol. The molecule has 0 radical (unpaired) electrons. The first-order chi connectivity index (χ1) is 8.61. The largest absolute Gasteiger partial charge is 0.373 e. The molecule has 0 aromatic carbocycles. The number of hydrogen-bond donors (Lipinski definition) is 1. The lowest BCUT2D eigenvalue weighted by Crippen LogP contribution is -2.41. The zero-order valence-electron chi connectivity index (χ0n) is 10.1. The van der Waals surface area contributed by atoms with E-state index in [2.05, 4.69) is 10.3 Å². The Labute approximate surface area is 111 Å². The number of hydrogen-bond acceptors (Lipinski definition) is 3. The van der Waals surface area contributed by atoms with E-state index in [4.69, 9.17) is 16.3 Å². The molecule has 3 atom stereocenters. The molecule has 3 rings (SSSR count). The Morgan fingerprint density at radius 1 is 1.50 bits per heavy atom. The maximum absolute atomic E-state index is 12.1. The van der Waals surface area contributed by atoms with E-state index in [1.165, 1.54) is 0 Å². The molecule has 5 heteroatoms. The topological polar surface area (TPSA) is 51.2 Å². The smallest absolute Gasteiger partial charge is 0.251 e. The van der Waals surface area contributed by atoms with Gasteiger partial charge in [-0.3, -0.25) is 4.79 Å². The highest BCUT2D eigenvalue weighted by atomic mass is 35.5. The average Bonchev–Trinajstić information content (AvgIpc) is 2.89. The van der Waals surface area contributed by atoms with Gasteiger partial charge in [-0.1, -0.05) is 11.6 Å². The number of pyridine rings is 1. The first-order valence-corrected chi connectivity index (χ1v) is 6.60. The van der Waals surface area contributed by atoms with Gasteiger partial charge in [-0.2, -0.15) is 0 Å². The van der Waals surface area contributed by atoms with Crippen LogP contribution in [0.2, 0.25) is 5.15 Å². The molecule has 1 amide bonds. The van der Waals surface area contributed by atoms with Gasteiger partial charge in [-0.15, -0.1) is 0 Å². The number of aryl methyl sites for hydroxylation is 1. The third kappa shape index (κ3) is 2.22. The van der Waals surface area contributed by atoms with Gasteiger partial charge in [0, 0.05) is 11.3 Å². The molecule has 3 unspecified atom stereocenters. The van der Waals surface area contributed by atoms with Crippen LogP contribution < -0.4 is 5.32 Å². The average molecular weight is 267 g/mol. The lowest BCUT2D eigenvalue weighted by atomic mass is 9.95. The predicted molar refractivity (Wildman–Crippen MR) is 67.8 cm³/mol. The van der Waals surface area contributed by atoms with Crippen LogP contribution in [0.25, 0.3) is 0 Å². The number of carbonyl (C=O) groups excluding carboxylic acids is 1. The first-order valence-electron chi connectivity index (χ1n) is 6.22. The van der Waals surface area contributed by atoms with Crippen molar-refractivity contribution >= 4 is 17.5 Å². The maximum Gasteiger partial charge on any atom is 0.251 e. The van der Waals surface area contributed by atoms with Crippen LogP contribution in [0.3, 0.4) is 0 Å². The molecule has 1 aromatic heterocycles. The van der Waals surface area contributed by atoms with Crippen LogP contribution in [-0.4, -0.2) is 29.1 Å². The number of aromatic nitrogens is 1. The molecular formula is C13H15ClN2O2. The number of nitrogens with one attached hydrogen (secondary N) is 1. The zero-order chi connectivity index (χ0) is 12.7. The standard InChI is InChI=1S/C13H15ClN2O2/c1-7-4-8(5-12(14)15-7)13(17)16-10-6-9-2-3-11(10)18-9/h4-5,9-11H,2-3,6H2,1H3,(H,16,17). The van der Waals surface area contributed by atoms with E-state index in [9.17, 15) is 4.79 Å². The van der Waals surface area contributed by atoms with Crippen molar-refractivity contribution in [2.75, 3.05) is 0 Å². The predicted octanol–water partition coefficient (Wildman–Crippen LogP) is 2.09. The fourth-order valence-electron chi connectivity index (χ4n) is 2.80. The number of fused-ring (bicyclic) bond motifs is 2. The Hall–Kier alpha value is -1.13. The van der Waals surface area contributed by atoms with E-state index < -0.39 is 0 Å². The number of ether oxygens (including phenoxy) is 1. The van der Waals surface area contributed by atoms with Crippen molar-refractivity contribution in [1.82, 2.24) is 10.3 Å². The molecule has 2 bridgehead atoms. The minimum absolute atomic E-state index is 0.0939. The highest BCUT2D eigenvalue weighted by Gasteiger charge is 2.41. The van der Waals surface area contributed by atoms with Crippen LogP contribution in [0.15, 0.2) is 12.1 Å². The molecule has 2 fully saturated rings. The van der Waals surface area contributed by atoms with E-state index in [1.807, 2.05) is 6.92 Å². The number of nitrogens with zero attached hydrogens (tertiary/aromatic N) is 1. The van der Waals surface area contributed by atoms with Gasteiger partial charge in [0.05, 0.1) is 18.2 Å². The van der Waals surface area contributed by atoms with Crippen molar-refractivity contribution in [2.45, 2.75) is 44.4 Å². The summed E-state index contributed by atoms with van der Waals surface area (Å²) < 4.78 is 5.72. The molecule has 1 N–H and O–H groups in total. The van der Waals surface area contributed by atoms with E-state index in [0.717, 1.165) is 25.0 Å². The van der Waals surface area contributed by atoms with Crippen LogP contribution in [-0.2, 0) is 4.74 Å². The monoisotopic (exact) mass is 266 g/mol. The van der Waals surface area contributed by atoms with Gasteiger partial charge in [0.15, 0.2) is 0 Å². The molecule has 3 heterocycles. The van der Waals surface area contributed by atoms with Crippen LogP contribution in [0.4, 0.5) is 0 Å². The molecule has 2 aliphatic rings. The molecule has 0 aliphatic carbocycles. The van der Waals surface area contributed by atoms with E-state index >= 15 is 0 Å². The van der Waals surface area contributed by atoms with E-state index in [1.54, 1.807) is 12.1 Å². The highest BCUT2D eigenvalue weighted by molar-refractivity contribution is 6.29. The lowest BCUT2D eigenvalue weighted by molar-refractivity contribution is 0.0841. The molecule has 96 valence electrons. The summed E-state index contributed by atoms with van der Waals surface area (Å²) in [5.74, 6) is -0.0939. The SMILES string of the molecule is Cc1cc(C(=O)NC2CC3CCC2O3)cc(Cl)n1. The van der Waals surface area contributed by atoms with E-state index in [-0.39, 0.29) is 18.1 Å². The second-order valence-electron chi connectivity index (χ2n) is 5.01. The summed E-state index contributed by atoms with van der Waals surface area (Å²) in [4.78, 5) is 16.2. The summed E-state index contributed by atoms with van der Waals surface area (Å²) in [6, 6.07) is 3.48. The van der Waals surface area contributed by atoms with Crippen molar-refractivity contribution in [1.29, 1.82) is 0 Å².